The second kappa shape index (κ2) is 3.73. The lowest BCUT2D eigenvalue weighted by atomic mass is 9.81. The Hall–Kier alpha value is -0.830. The fraction of sp³-hybridized carbons (Fsp3) is 0.727. The highest BCUT2D eigenvalue weighted by atomic mass is 16.5. The Bertz CT molecular complexity index is 259. The average molecular weight is 196 g/mol. The molecule has 2 bridgehead atoms. The van der Waals surface area contributed by atoms with E-state index in [4.69, 9.17) is 9.84 Å². The molecule has 3 nitrogen and oxygen atoms in total. The quantitative estimate of drug-likeness (QED) is 0.540. The van der Waals surface area contributed by atoms with Gasteiger partial charge in [-0.1, -0.05) is 12.2 Å². The van der Waals surface area contributed by atoms with E-state index in [0.717, 1.165) is 6.42 Å². The number of hydrogen-bond donors (Lipinski definition) is 1. The molecule has 14 heavy (non-hydrogen) atoms. The van der Waals surface area contributed by atoms with E-state index in [2.05, 4.69) is 12.2 Å². The molecule has 2 aliphatic rings. The van der Waals surface area contributed by atoms with Crippen molar-refractivity contribution in [3.05, 3.63) is 12.2 Å². The van der Waals surface area contributed by atoms with E-state index in [1.54, 1.807) is 0 Å². The molecule has 0 aromatic heterocycles. The zero-order chi connectivity index (χ0) is 10.1. The molecule has 0 spiro atoms. The molecule has 78 valence electrons. The van der Waals surface area contributed by atoms with Gasteiger partial charge in [-0.2, -0.15) is 0 Å². The molecule has 1 saturated carbocycles. The number of rotatable bonds is 3. The van der Waals surface area contributed by atoms with Gasteiger partial charge in [0.25, 0.3) is 0 Å². The highest BCUT2D eigenvalue weighted by Gasteiger charge is 2.48. The first kappa shape index (κ1) is 9.71. The molecule has 0 radical (unpaired) electrons. The van der Waals surface area contributed by atoms with Gasteiger partial charge in [0.15, 0.2) is 0 Å². The first-order valence-electron chi connectivity index (χ1n) is 5.15. The van der Waals surface area contributed by atoms with Crippen molar-refractivity contribution < 1.29 is 14.6 Å². The van der Waals surface area contributed by atoms with Crippen molar-refractivity contribution in [2.45, 2.75) is 12.8 Å². The van der Waals surface area contributed by atoms with E-state index in [1.807, 2.05) is 0 Å². The molecule has 4 atom stereocenters. The minimum Gasteiger partial charge on any atom is -0.469 e. The molecular weight excluding hydrogens is 180 g/mol. The Morgan fingerprint density at radius 1 is 1.50 bits per heavy atom. The Morgan fingerprint density at radius 2 is 2.21 bits per heavy atom. The van der Waals surface area contributed by atoms with Gasteiger partial charge in [-0.15, -0.1) is 0 Å². The Morgan fingerprint density at radius 3 is 2.86 bits per heavy atom. The van der Waals surface area contributed by atoms with Gasteiger partial charge in [-0.25, -0.2) is 0 Å². The van der Waals surface area contributed by atoms with Crippen molar-refractivity contribution in [3.8, 4) is 0 Å². The Kier molecular flexibility index (Phi) is 2.59. The van der Waals surface area contributed by atoms with Crippen LogP contribution in [0.2, 0.25) is 0 Å². The number of allylic oxidation sites excluding steroid dienone is 2. The number of hydrogen-bond acceptors (Lipinski definition) is 3. The summed E-state index contributed by atoms with van der Waals surface area (Å²) in [7, 11) is 1.44. The van der Waals surface area contributed by atoms with E-state index < -0.39 is 0 Å². The SMILES string of the molecule is COC(=O)C1C2C=CC(C2)C1CCO. The van der Waals surface area contributed by atoms with Crippen LogP contribution >= 0.6 is 0 Å². The monoisotopic (exact) mass is 196 g/mol. The first-order valence-corrected chi connectivity index (χ1v) is 5.15. The normalized spacial score (nSPS) is 39.0. The maximum absolute atomic E-state index is 11.6. The van der Waals surface area contributed by atoms with Gasteiger partial charge in [0, 0.05) is 6.61 Å². The highest BCUT2D eigenvalue weighted by Crippen LogP contribution is 2.49. The third kappa shape index (κ3) is 1.36. The summed E-state index contributed by atoms with van der Waals surface area (Å²) in [6, 6.07) is 0. The van der Waals surface area contributed by atoms with Crippen LogP contribution in [0.25, 0.3) is 0 Å². The molecule has 0 aliphatic heterocycles. The minimum absolute atomic E-state index is 0.0119. The second-order valence-electron chi connectivity index (χ2n) is 4.17. The Balaban J connectivity index is 2.13. The maximum Gasteiger partial charge on any atom is 0.309 e. The van der Waals surface area contributed by atoms with Crippen LogP contribution in [0.4, 0.5) is 0 Å². The van der Waals surface area contributed by atoms with Gasteiger partial charge in [-0.05, 0) is 30.6 Å². The van der Waals surface area contributed by atoms with E-state index in [1.165, 1.54) is 7.11 Å². The molecule has 4 unspecified atom stereocenters. The zero-order valence-corrected chi connectivity index (χ0v) is 8.35. The number of aliphatic hydroxyl groups is 1. The summed E-state index contributed by atoms with van der Waals surface area (Å²) in [5, 5.41) is 8.95. The molecular formula is C11H16O3. The Labute approximate surface area is 83.8 Å². The van der Waals surface area contributed by atoms with Gasteiger partial charge >= 0.3 is 5.97 Å². The van der Waals surface area contributed by atoms with Crippen LogP contribution < -0.4 is 0 Å². The summed E-state index contributed by atoms with van der Waals surface area (Å²) in [5.74, 6) is 1.00. The van der Waals surface area contributed by atoms with Crippen molar-refractivity contribution in [1.82, 2.24) is 0 Å². The number of ether oxygens (including phenoxy) is 1. The van der Waals surface area contributed by atoms with Crippen LogP contribution in [-0.2, 0) is 9.53 Å². The fourth-order valence-electron chi connectivity index (χ4n) is 2.95. The maximum atomic E-state index is 11.6. The fourth-order valence-corrected chi connectivity index (χ4v) is 2.95. The molecule has 2 aliphatic carbocycles. The van der Waals surface area contributed by atoms with Gasteiger partial charge in [-0.3, -0.25) is 4.79 Å². The summed E-state index contributed by atoms with van der Waals surface area (Å²) in [4.78, 5) is 11.6. The van der Waals surface area contributed by atoms with Crippen molar-refractivity contribution in [2.24, 2.45) is 23.7 Å². The summed E-state index contributed by atoms with van der Waals surface area (Å²) in [6.07, 6.45) is 6.08. The van der Waals surface area contributed by atoms with Crippen LogP contribution in [-0.4, -0.2) is 24.8 Å². The van der Waals surface area contributed by atoms with Crippen molar-refractivity contribution in [1.29, 1.82) is 0 Å². The summed E-state index contributed by atoms with van der Waals surface area (Å²) >= 11 is 0. The van der Waals surface area contributed by atoms with Gasteiger partial charge in [0.1, 0.15) is 0 Å². The van der Waals surface area contributed by atoms with Crippen LogP contribution in [0, 0.1) is 23.7 Å². The molecule has 0 saturated heterocycles. The molecule has 0 heterocycles. The van der Waals surface area contributed by atoms with Gasteiger partial charge < -0.3 is 9.84 Å². The topological polar surface area (TPSA) is 46.5 Å². The van der Waals surface area contributed by atoms with Gasteiger partial charge in [0.05, 0.1) is 13.0 Å². The molecule has 0 amide bonds. The van der Waals surface area contributed by atoms with Crippen molar-refractivity contribution >= 4 is 5.97 Å². The number of methoxy groups -OCH3 is 1. The largest absolute Gasteiger partial charge is 0.469 e. The lowest BCUT2D eigenvalue weighted by molar-refractivity contribution is -0.148. The predicted octanol–water partition coefficient (Wildman–Crippen LogP) is 0.980. The van der Waals surface area contributed by atoms with Crippen LogP contribution in [0.3, 0.4) is 0 Å². The predicted molar refractivity (Wildman–Crippen MR) is 51.4 cm³/mol. The third-order valence-electron chi connectivity index (χ3n) is 3.56. The summed E-state index contributed by atoms with van der Waals surface area (Å²) in [5.41, 5.74) is 0. The lowest BCUT2D eigenvalue weighted by Gasteiger charge is -2.25. The van der Waals surface area contributed by atoms with Crippen molar-refractivity contribution in [2.75, 3.05) is 13.7 Å². The van der Waals surface area contributed by atoms with Crippen LogP contribution in [0.1, 0.15) is 12.8 Å². The van der Waals surface area contributed by atoms with Crippen LogP contribution in [0.5, 0.6) is 0 Å². The second-order valence-corrected chi connectivity index (χ2v) is 4.17. The average Bonchev–Trinajstić information content (AvgIpc) is 2.77. The van der Waals surface area contributed by atoms with E-state index in [0.29, 0.717) is 24.2 Å². The standard InChI is InChI=1S/C11H16O3/c1-14-11(13)10-8-3-2-7(6-8)9(10)4-5-12/h2-3,7-10,12H,4-6H2,1H3. The number of carbonyl (C=O) groups excluding carboxylic acids is 1. The molecule has 1 fully saturated rings. The van der Waals surface area contributed by atoms with Crippen molar-refractivity contribution in [3.63, 3.8) is 0 Å². The van der Waals surface area contributed by atoms with E-state index >= 15 is 0 Å². The number of fused-ring (bicyclic) bond motifs is 2. The highest BCUT2D eigenvalue weighted by molar-refractivity contribution is 5.74. The smallest absolute Gasteiger partial charge is 0.309 e. The third-order valence-corrected chi connectivity index (χ3v) is 3.56. The minimum atomic E-state index is -0.111. The number of esters is 1. The first-order chi connectivity index (χ1) is 6.77. The number of carbonyl (C=O) groups is 1. The lowest BCUT2D eigenvalue weighted by Crippen LogP contribution is -2.29. The molecule has 2 rings (SSSR count). The molecule has 1 N–H and O–H groups in total. The zero-order valence-electron chi connectivity index (χ0n) is 8.35. The molecule has 0 aromatic rings. The van der Waals surface area contributed by atoms with E-state index in [9.17, 15) is 4.79 Å². The van der Waals surface area contributed by atoms with Gasteiger partial charge in [0.2, 0.25) is 0 Å². The summed E-state index contributed by atoms with van der Waals surface area (Å²) < 4.78 is 4.81. The molecule has 0 aromatic carbocycles. The van der Waals surface area contributed by atoms with E-state index in [-0.39, 0.29) is 18.5 Å². The number of aliphatic hydroxyl groups excluding tert-OH is 1. The molecule has 3 heteroatoms. The van der Waals surface area contributed by atoms with Crippen LogP contribution in [0.15, 0.2) is 12.2 Å². The summed E-state index contributed by atoms with van der Waals surface area (Å²) in [6.45, 7) is 0.162.